The number of carbonyl (C=O) groups is 3. The average molecular weight is 451 g/mol. The molecule has 0 aromatic rings. The second-order valence-electron chi connectivity index (χ2n) is 9.39. The Morgan fingerprint density at radius 1 is 1.03 bits per heavy atom. The highest BCUT2D eigenvalue weighted by Gasteiger charge is 2.37. The lowest BCUT2D eigenvalue weighted by Gasteiger charge is -2.41. The van der Waals surface area contributed by atoms with Crippen molar-refractivity contribution in [1.29, 1.82) is 0 Å². The van der Waals surface area contributed by atoms with Crippen molar-refractivity contribution in [2.24, 2.45) is 33.3 Å². The number of rotatable bonds is 9. The number of guanidine groups is 2. The molecule has 0 spiro atoms. The van der Waals surface area contributed by atoms with Crippen molar-refractivity contribution in [2.45, 2.75) is 84.6 Å². The SMILES string of the molecule is CC(=O)NC(CC(C)C)C(=O)NC(CC(C)C)C(=O)NC1CCCN2C(N)=NC(N)=NC12. The number of amides is 3. The summed E-state index contributed by atoms with van der Waals surface area (Å²) in [5.41, 5.74) is 11.8. The highest BCUT2D eigenvalue weighted by Crippen LogP contribution is 2.21. The van der Waals surface area contributed by atoms with Gasteiger partial charge in [-0.25, -0.2) is 4.99 Å². The van der Waals surface area contributed by atoms with Crippen molar-refractivity contribution in [1.82, 2.24) is 20.9 Å². The maximum atomic E-state index is 13.2. The molecular formula is C21H38N8O3. The predicted molar refractivity (Wildman–Crippen MR) is 123 cm³/mol. The van der Waals surface area contributed by atoms with Crippen LogP contribution < -0.4 is 27.4 Å². The van der Waals surface area contributed by atoms with Gasteiger partial charge in [-0.05, 0) is 37.5 Å². The summed E-state index contributed by atoms with van der Waals surface area (Å²) in [6.45, 7) is 9.97. The largest absolute Gasteiger partial charge is 0.369 e. The van der Waals surface area contributed by atoms with Crippen LogP contribution in [0.2, 0.25) is 0 Å². The van der Waals surface area contributed by atoms with Crippen LogP contribution in [0.1, 0.15) is 60.3 Å². The minimum absolute atomic E-state index is 0.0868. The number of hydrogen-bond donors (Lipinski definition) is 5. The molecule has 11 nitrogen and oxygen atoms in total. The molecule has 1 saturated heterocycles. The van der Waals surface area contributed by atoms with E-state index in [1.807, 2.05) is 32.6 Å². The summed E-state index contributed by atoms with van der Waals surface area (Å²) in [6, 6.07) is -1.74. The Morgan fingerprint density at radius 2 is 1.62 bits per heavy atom. The molecule has 4 atom stereocenters. The van der Waals surface area contributed by atoms with Crippen molar-refractivity contribution in [3.63, 3.8) is 0 Å². The van der Waals surface area contributed by atoms with E-state index in [1.165, 1.54) is 6.92 Å². The maximum absolute atomic E-state index is 13.2. The zero-order valence-corrected chi connectivity index (χ0v) is 19.7. The summed E-state index contributed by atoms with van der Waals surface area (Å²) in [7, 11) is 0. The molecule has 180 valence electrons. The number of fused-ring (bicyclic) bond motifs is 1. The smallest absolute Gasteiger partial charge is 0.243 e. The molecule has 0 aliphatic carbocycles. The Balaban J connectivity index is 2.12. The van der Waals surface area contributed by atoms with Gasteiger partial charge in [0.05, 0.1) is 6.04 Å². The van der Waals surface area contributed by atoms with Crippen molar-refractivity contribution >= 4 is 29.6 Å². The molecule has 2 aliphatic rings. The van der Waals surface area contributed by atoms with Crippen LogP contribution >= 0.6 is 0 Å². The average Bonchev–Trinajstić information content (AvgIpc) is 2.66. The van der Waals surface area contributed by atoms with Gasteiger partial charge in [-0.1, -0.05) is 27.7 Å². The van der Waals surface area contributed by atoms with Crippen molar-refractivity contribution in [2.75, 3.05) is 6.54 Å². The van der Waals surface area contributed by atoms with Gasteiger partial charge in [-0.2, -0.15) is 4.99 Å². The van der Waals surface area contributed by atoms with Gasteiger partial charge in [0.25, 0.3) is 0 Å². The van der Waals surface area contributed by atoms with E-state index in [1.54, 1.807) is 0 Å². The number of nitrogens with two attached hydrogens (primary N) is 2. The lowest BCUT2D eigenvalue weighted by atomic mass is 9.98. The minimum atomic E-state index is -0.739. The predicted octanol–water partition coefficient (Wildman–Crippen LogP) is -0.382. The first-order chi connectivity index (χ1) is 15.0. The highest BCUT2D eigenvalue weighted by molar-refractivity contribution is 5.95. The molecule has 11 heteroatoms. The van der Waals surface area contributed by atoms with E-state index in [0.29, 0.717) is 31.8 Å². The molecule has 32 heavy (non-hydrogen) atoms. The molecule has 3 amide bonds. The monoisotopic (exact) mass is 450 g/mol. The quantitative estimate of drug-likeness (QED) is 0.321. The van der Waals surface area contributed by atoms with E-state index in [0.717, 1.165) is 6.42 Å². The molecule has 7 N–H and O–H groups in total. The summed E-state index contributed by atoms with van der Waals surface area (Å²) in [4.78, 5) is 47.9. The summed E-state index contributed by atoms with van der Waals surface area (Å²) >= 11 is 0. The van der Waals surface area contributed by atoms with Crippen LogP contribution in [0.3, 0.4) is 0 Å². The standard InChI is InChI=1S/C21H38N8O3/c1-11(2)9-15(24-13(5)30)18(31)26-16(10-12(3)4)19(32)25-14-7-6-8-29-17(14)27-20(22)28-21(29)23/h11-12,14-17H,6-10H2,1-5H3,(H,24,30)(H,25,32)(H,26,31)(H4,22,23,27,28). The minimum Gasteiger partial charge on any atom is -0.369 e. The first kappa shape index (κ1) is 25.4. The topological polar surface area (TPSA) is 167 Å². The number of hydrogen-bond acceptors (Lipinski definition) is 8. The van der Waals surface area contributed by atoms with Crippen LogP contribution in [0, 0.1) is 11.8 Å². The Morgan fingerprint density at radius 3 is 2.19 bits per heavy atom. The molecule has 4 unspecified atom stereocenters. The fourth-order valence-electron chi connectivity index (χ4n) is 4.09. The van der Waals surface area contributed by atoms with Crippen molar-refractivity contribution < 1.29 is 14.4 Å². The van der Waals surface area contributed by atoms with Gasteiger partial charge in [0.15, 0.2) is 0 Å². The van der Waals surface area contributed by atoms with Crippen LogP contribution in [0.5, 0.6) is 0 Å². The Bertz CT molecular complexity index is 764. The molecule has 0 radical (unpaired) electrons. The van der Waals surface area contributed by atoms with Crippen LogP contribution in [0.25, 0.3) is 0 Å². The van der Waals surface area contributed by atoms with E-state index in [4.69, 9.17) is 11.5 Å². The zero-order valence-electron chi connectivity index (χ0n) is 19.7. The van der Waals surface area contributed by atoms with E-state index >= 15 is 0 Å². The van der Waals surface area contributed by atoms with Gasteiger partial charge in [0.2, 0.25) is 29.6 Å². The van der Waals surface area contributed by atoms with Crippen LogP contribution in [0.15, 0.2) is 9.98 Å². The second-order valence-corrected chi connectivity index (χ2v) is 9.39. The third kappa shape index (κ3) is 7.10. The third-order valence-corrected chi connectivity index (χ3v) is 5.45. The summed E-state index contributed by atoms with van der Waals surface area (Å²) in [5, 5.41) is 8.57. The molecule has 2 heterocycles. The number of nitrogens with zero attached hydrogens (tertiary/aromatic N) is 3. The third-order valence-electron chi connectivity index (χ3n) is 5.45. The van der Waals surface area contributed by atoms with E-state index in [2.05, 4.69) is 25.9 Å². The Labute approximate surface area is 189 Å². The second kappa shape index (κ2) is 11.1. The number of carbonyl (C=O) groups excluding carboxylic acids is 3. The summed E-state index contributed by atoms with van der Waals surface area (Å²) in [5.74, 6) is -0.195. The lowest BCUT2D eigenvalue weighted by Crippen LogP contribution is -2.62. The van der Waals surface area contributed by atoms with Gasteiger partial charge in [-0.15, -0.1) is 0 Å². The van der Waals surface area contributed by atoms with E-state index in [9.17, 15) is 14.4 Å². The molecular weight excluding hydrogens is 412 g/mol. The molecule has 0 bridgehead atoms. The van der Waals surface area contributed by atoms with Gasteiger partial charge < -0.3 is 32.3 Å². The highest BCUT2D eigenvalue weighted by atomic mass is 16.2. The number of aliphatic imine (C=N–C) groups is 2. The zero-order chi connectivity index (χ0) is 24.0. The fourth-order valence-corrected chi connectivity index (χ4v) is 4.09. The normalized spacial score (nSPS) is 22.4. The molecule has 2 aliphatic heterocycles. The van der Waals surface area contributed by atoms with Gasteiger partial charge in [-0.3, -0.25) is 14.4 Å². The summed E-state index contributed by atoms with van der Waals surface area (Å²) in [6.07, 6.45) is 2.04. The van der Waals surface area contributed by atoms with Gasteiger partial charge in [0, 0.05) is 13.5 Å². The first-order valence-electron chi connectivity index (χ1n) is 11.3. The summed E-state index contributed by atoms with van der Waals surface area (Å²) < 4.78 is 0. The Kier molecular flexibility index (Phi) is 8.85. The number of nitrogens with one attached hydrogen (secondary N) is 3. The van der Waals surface area contributed by atoms with Crippen molar-refractivity contribution in [3.05, 3.63) is 0 Å². The molecule has 0 saturated carbocycles. The fraction of sp³-hybridized carbons (Fsp3) is 0.762. The van der Waals surface area contributed by atoms with Gasteiger partial charge in [0.1, 0.15) is 18.2 Å². The Hall–Kier alpha value is -2.85. The number of piperidine rings is 1. The molecule has 1 fully saturated rings. The molecule has 2 rings (SSSR count). The van der Waals surface area contributed by atoms with Crippen LogP contribution in [-0.4, -0.2) is 65.4 Å². The van der Waals surface area contributed by atoms with E-state index < -0.39 is 18.2 Å². The first-order valence-corrected chi connectivity index (χ1v) is 11.3. The molecule has 0 aromatic heterocycles. The van der Waals surface area contributed by atoms with Gasteiger partial charge >= 0.3 is 0 Å². The lowest BCUT2D eigenvalue weighted by molar-refractivity contribution is -0.132. The van der Waals surface area contributed by atoms with Crippen LogP contribution in [0.4, 0.5) is 0 Å². The van der Waals surface area contributed by atoms with Crippen molar-refractivity contribution in [3.8, 4) is 0 Å². The van der Waals surface area contributed by atoms with E-state index in [-0.39, 0.29) is 41.6 Å². The maximum Gasteiger partial charge on any atom is 0.243 e. The molecule has 0 aromatic carbocycles. The van der Waals surface area contributed by atoms with Crippen LogP contribution in [-0.2, 0) is 14.4 Å².